The number of aryl methyl sites for hydroxylation is 1. The highest BCUT2D eigenvalue weighted by molar-refractivity contribution is 7.99. The van der Waals surface area contributed by atoms with Crippen LogP contribution in [0.4, 0.5) is 13.2 Å². The van der Waals surface area contributed by atoms with Crippen LogP contribution >= 0.6 is 11.8 Å². The molecule has 160 valence electrons. The van der Waals surface area contributed by atoms with Crippen molar-refractivity contribution in [3.63, 3.8) is 0 Å². The van der Waals surface area contributed by atoms with E-state index in [2.05, 4.69) is 13.0 Å². The maximum atomic E-state index is 13.3. The third-order valence-corrected chi connectivity index (χ3v) is 6.30. The fourth-order valence-electron chi connectivity index (χ4n) is 3.50. The molecule has 0 atom stereocenters. The van der Waals surface area contributed by atoms with Crippen LogP contribution in [0.2, 0.25) is 0 Å². The van der Waals surface area contributed by atoms with E-state index in [0.717, 1.165) is 45.3 Å². The van der Waals surface area contributed by atoms with Gasteiger partial charge in [-0.1, -0.05) is 48.9 Å². The number of thioether (sulfide) groups is 1. The molecule has 0 fully saturated rings. The van der Waals surface area contributed by atoms with Crippen molar-refractivity contribution in [3.05, 3.63) is 83.4 Å². The second-order valence-electron chi connectivity index (χ2n) is 7.58. The zero-order chi connectivity index (χ0) is 22.0. The molecule has 1 aromatic heterocycles. The monoisotopic (exact) mass is 440 g/mol. The predicted molar refractivity (Wildman–Crippen MR) is 121 cm³/mol. The van der Waals surface area contributed by atoms with Crippen LogP contribution in [0.15, 0.2) is 71.6 Å². The van der Waals surface area contributed by atoms with Crippen molar-refractivity contribution in [3.8, 4) is 11.4 Å². The zero-order valence-electron chi connectivity index (χ0n) is 17.4. The largest absolute Gasteiger partial charge is 0.416 e. The molecular formula is C25H23F3N2S. The highest BCUT2D eigenvalue weighted by Gasteiger charge is 2.31. The molecule has 0 amide bonds. The molecule has 0 radical (unpaired) electrons. The Hall–Kier alpha value is -2.73. The van der Waals surface area contributed by atoms with Crippen LogP contribution in [-0.2, 0) is 12.7 Å². The van der Waals surface area contributed by atoms with Gasteiger partial charge in [0.15, 0.2) is 0 Å². The smallest absolute Gasteiger partial charge is 0.319 e. The van der Waals surface area contributed by atoms with Crippen molar-refractivity contribution < 1.29 is 13.2 Å². The Balaban J connectivity index is 1.86. The fourth-order valence-corrected chi connectivity index (χ4v) is 4.30. The van der Waals surface area contributed by atoms with E-state index in [4.69, 9.17) is 4.98 Å². The van der Waals surface area contributed by atoms with E-state index in [9.17, 15) is 13.2 Å². The maximum Gasteiger partial charge on any atom is 0.416 e. The van der Waals surface area contributed by atoms with Crippen LogP contribution in [0, 0.1) is 6.92 Å². The van der Waals surface area contributed by atoms with Gasteiger partial charge in [-0.05, 0) is 55.0 Å². The van der Waals surface area contributed by atoms with Gasteiger partial charge in [0.1, 0.15) is 5.82 Å². The van der Waals surface area contributed by atoms with Gasteiger partial charge in [0, 0.05) is 17.0 Å². The van der Waals surface area contributed by atoms with Gasteiger partial charge in [0.2, 0.25) is 0 Å². The second-order valence-corrected chi connectivity index (χ2v) is 8.75. The predicted octanol–water partition coefficient (Wildman–Crippen LogP) is 7.58. The van der Waals surface area contributed by atoms with Crippen molar-refractivity contribution in [1.82, 2.24) is 9.55 Å². The number of nitrogens with zero attached hydrogens (tertiary/aromatic N) is 2. The van der Waals surface area contributed by atoms with E-state index < -0.39 is 11.7 Å². The van der Waals surface area contributed by atoms with E-state index in [1.54, 1.807) is 17.8 Å². The molecule has 2 nitrogen and oxygen atoms in total. The van der Waals surface area contributed by atoms with Gasteiger partial charge in [-0.15, -0.1) is 11.8 Å². The molecule has 0 saturated heterocycles. The number of rotatable bonds is 6. The Bertz CT molecular complexity index is 1190. The number of hydrogen-bond donors (Lipinski definition) is 0. The molecule has 1 heterocycles. The molecule has 31 heavy (non-hydrogen) atoms. The van der Waals surface area contributed by atoms with Gasteiger partial charge in [0.05, 0.1) is 16.6 Å². The van der Waals surface area contributed by atoms with Crippen LogP contribution < -0.4 is 0 Å². The van der Waals surface area contributed by atoms with Crippen molar-refractivity contribution in [2.45, 2.75) is 37.9 Å². The average Bonchev–Trinajstić information content (AvgIpc) is 3.11. The summed E-state index contributed by atoms with van der Waals surface area (Å²) in [5, 5.41) is 0. The third-order valence-electron chi connectivity index (χ3n) is 5.10. The number of hydrogen-bond acceptors (Lipinski definition) is 2. The Morgan fingerprint density at radius 2 is 1.74 bits per heavy atom. The molecule has 4 aromatic rings. The summed E-state index contributed by atoms with van der Waals surface area (Å²) in [5.41, 5.74) is 3.73. The number of imidazole rings is 1. The molecule has 0 bridgehead atoms. The van der Waals surface area contributed by atoms with Crippen LogP contribution in [0.25, 0.3) is 22.4 Å². The van der Waals surface area contributed by atoms with Gasteiger partial charge < -0.3 is 4.57 Å². The SMILES string of the molecule is CCCSc1ccc2nc(-c3cccc(C(F)(F)F)c3)n(Cc3ccc(C)cc3)c2c1. The summed E-state index contributed by atoms with van der Waals surface area (Å²) in [4.78, 5) is 5.86. The number of aromatic nitrogens is 2. The summed E-state index contributed by atoms with van der Waals surface area (Å²) in [7, 11) is 0. The Kier molecular flexibility index (Phi) is 6.10. The summed E-state index contributed by atoms with van der Waals surface area (Å²) in [5.74, 6) is 1.55. The van der Waals surface area contributed by atoms with E-state index in [1.165, 1.54) is 12.1 Å². The van der Waals surface area contributed by atoms with E-state index in [1.807, 2.05) is 47.9 Å². The lowest BCUT2D eigenvalue weighted by Gasteiger charge is -2.12. The van der Waals surface area contributed by atoms with E-state index >= 15 is 0 Å². The highest BCUT2D eigenvalue weighted by Crippen LogP contribution is 2.34. The molecule has 6 heteroatoms. The minimum absolute atomic E-state index is 0.459. The minimum Gasteiger partial charge on any atom is -0.319 e. The molecule has 0 aliphatic rings. The molecule has 0 spiro atoms. The molecular weight excluding hydrogens is 417 g/mol. The normalized spacial score (nSPS) is 11.9. The summed E-state index contributed by atoms with van der Waals surface area (Å²) >= 11 is 1.77. The summed E-state index contributed by atoms with van der Waals surface area (Å²) < 4.78 is 42.0. The zero-order valence-corrected chi connectivity index (χ0v) is 18.2. The Morgan fingerprint density at radius 3 is 2.45 bits per heavy atom. The summed E-state index contributed by atoms with van der Waals surface area (Å²) in [6, 6.07) is 19.7. The molecule has 3 aromatic carbocycles. The molecule has 0 unspecified atom stereocenters. The van der Waals surface area contributed by atoms with Crippen LogP contribution in [0.5, 0.6) is 0 Å². The van der Waals surface area contributed by atoms with E-state index in [0.29, 0.717) is 17.9 Å². The van der Waals surface area contributed by atoms with Gasteiger partial charge >= 0.3 is 6.18 Å². The number of benzene rings is 3. The molecule has 0 saturated carbocycles. The van der Waals surface area contributed by atoms with Gasteiger partial charge in [0.25, 0.3) is 0 Å². The van der Waals surface area contributed by atoms with Crippen molar-refractivity contribution >= 4 is 22.8 Å². The quantitative estimate of drug-likeness (QED) is 0.288. The first-order valence-electron chi connectivity index (χ1n) is 10.2. The van der Waals surface area contributed by atoms with Crippen LogP contribution in [-0.4, -0.2) is 15.3 Å². The first kappa shape index (κ1) is 21.5. The lowest BCUT2D eigenvalue weighted by Crippen LogP contribution is -2.06. The molecule has 0 aliphatic carbocycles. The number of fused-ring (bicyclic) bond motifs is 1. The first-order valence-corrected chi connectivity index (χ1v) is 11.2. The second kappa shape index (κ2) is 8.79. The Labute approximate surface area is 184 Å². The van der Waals surface area contributed by atoms with Crippen molar-refractivity contribution in [2.24, 2.45) is 0 Å². The summed E-state index contributed by atoms with van der Waals surface area (Å²) in [6.45, 7) is 4.70. The lowest BCUT2D eigenvalue weighted by atomic mass is 10.1. The summed E-state index contributed by atoms with van der Waals surface area (Å²) in [6.07, 6.45) is -3.32. The van der Waals surface area contributed by atoms with Gasteiger partial charge in [-0.25, -0.2) is 4.98 Å². The van der Waals surface area contributed by atoms with Crippen molar-refractivity contribution in [2.75, 3.05) is 5.75 Å². The highest BCUT2D eigenvalue weighted by atomic mass is 32.2. The number of halogens is 3. The molecule has 4 rings (SSSR count). The fraction of sp³-hybridized carbons (Fsp3) is 0.240. The van der Waals surface area contributed by atoms with E-state index in [-0.39, 0.29) is 0 Å². The third kappa shape index (κ3) is 4.79. The standard InChI is InChI=1S/C25H23F3N2S/c1-3-13-31-21-11-12-22-23(15-21)30(16-18-9-7-17(2)8-10-18)24(29-22)19-5-4-6-20(14-19)25(26,27)28/h4-12,14-15H,3,13,16H2,1-2H3. The van der Waals surface area contributed by atoms with Crippen LogP contribution in [0.1, 0.15) is 30.0 Å². The Morgan fingerprint density at radius 1 is 0.968 bits per heavy atom. The first-order chi connectivity index (χ1) is 14.8. The van der Waals surface area contributed by atoms with Crippen LogP contribution in [0.3, 0.4) is 0 Å². The van der Waals surface area contributed by atoms with Gasteiger partial charge in [-0.3, -0.25) is 0 Å². The van der Waals surface area contributed by atoms with Gasteiger partial charge in [-0.2, -0.15) is 13.2 Å². The minimum atomic E-state index is -4.40. The maximum absolute atomic E-state index is 13.3. The lowest BCUT2D eigenvalue weighted by molar-refractivity contribution is -0.137. The topological polar surface area (TPSA) is 17.8 Å². The van der Waals surface area contributed by atoms with Crippen molar-refractivity contribution in [1.29, 1.82) is 0 Å². The molecule has 0 aliphatic heterocycles. The number of alkyl halides is 3. The molecule has 0 N–H and O–H groups in total. The average molecular weight is 441 g/mol.